The van der Waals surface area contributed by atoms with Gasteiger partial charge in [0.05, 0.1) is 29.9 Å². The van der Waals surface area contributed by atoms with Gasteiger partial charge in [-0.3, -0.25) is 0 Å². The summed E-state index contributed by atoms with van der Waals surface area (Å²) in [6.07, 6.45) is -4.77. The van der Waals surface area contributed by atoms with Crippen LogP contribution in [0.3, 0.4) is 0 Å². The van der Waals surface area contributed by atoms with E-state index in [0.29, 0.717) is 0 Å². The molecular weight excluding hydrogens is 223 g/mol. The molecule has 0 radical (unpaired) electrons. The zero-order valence-corrected chi connectivity index (χ0v) is 8.13. The quantitative estimate of drug-likeness (QED) is 0.694. The lowest BCUT2D eigenvalue weighted by atomic mass is 10.0. The zero-order valence-electron chi connectivity index (χ0n) is 8.13. The minimum Gasteiger partial charge on any atom is -0.465 e. The number of hydrogen-bond acceptors (Lipinski definition) is 3. The van der Waals surface area contributed by atoms with Gasteiger partial charge in [0.15, 0.2) is 0 Å². The van der Waals surface area contributed by atoms with Gasteiger partial charge in [-0.2, -0.15) is 18.4 Å². The molecule has 0 heterocycles. The van der Waals surface area contributed by atoms with Crippen LogP contribution < -0.4 is 0 Å². The molecule has 0 atom stereocenters. The summed E-state index contributed by atoms with van der Waals surface area (Å²) >= 11 is 0. The Labute approximate surface area is 89.1 Å². The van der Waals surface area contributed by atoms with Gasteiger partial charge in [-0.25, -0.2) is 4.79 Å². The Morgan fingerprint density at radius 3 is 2.50 bits per heavy atom. The number of esters is 1. The average Bonchev–Trinajstić information content (AvgIpc) is 2.25. The van der Waals surface area contributed by atoms with E-state index in [9.17, 15) is 18.0 Å². The minimum absolute atomic E-state index is 0.601. The lowest BCUT2D eigenvalue weighted by molar-refractivity contribution is -0.138. The molecule has 0 bridgehead atoms. The van der Waals surface area contributed by atoms with Crippen molar-refractivity contribution in [2.24, 2.45) is 0 Å². The van der Waals surface area contributed by atoms with Crippen LogP contribution in [0, 0.1) is 11.3 Å². The maximum atomic E-state index is 12.6. The second kappa shape index (κ2) is 4.23. The van der Waals surface area contributed by atoms with Crippen molar-refractivity contribution >= 4 is 5.97 Å². The Morgan fingerprint density at radius 2 is 2.06 bits per heavy atom. The fourth-order valence-corrected chi connectivity index (χ4v) is 1.23. The molecule has 3 nitrogen and oxygen atoms in total. The summed E-state index contributed by atoms with van der Waals surface area (Å²) in [5, 5.41) is 8.56. The van der Waals surface area contributed by atoms with E-state index in [4.69, 9.17) is 5.26 Å². The summed E-state index contributed by atoms with van der Waals surface area (Å²) in [5.74, 6) is -1.12. The van der Waals surface area contributed by atoms with Crippen LogP contribution in [0.15, 0.2) is 18.2 Å². The number of alkyl halides is 3. The zero-order chi connectivity index (χ0) is 12.3. The molecule has 1 aromatic rings. The van der Waals surface area contributed by atoms with Gasteiger partial charge >= 0.3 is 12.1 Å². The number of nitriles is 1. The van der Waals surface area contributed by atoms with Crippen LogP contribution >= 0.6 is 0 Å². The highest BCUT2D eigenvalue weighted by Crippen LogP contribution is 2.34. The van der Waals surface area contributed by atoms with E-state index in [1.807, 2.05) is 0 Å². The lowest BCUT2D eigenvalue weighted by Gasteiger charge is -2.12. The number of hydrogen-bond donors (Lipinski definition) is 0. The molecule has 0 fully saturated rings. The molecule has 84 valence electrons. The van der Waals surface area contributed by atoms with Crippen molar-refractivity contribution in [2.45, 2.75) is 6.18 Å². The number of benzene rings is 1. The van der Waals surface area contributed by atoms with Gasteiger partial charge in [0, 0.05) is 0 Å². The monoisotopic (exact) mass is 229 g/mol. The molecule has 0 amide bonds. The Hall–Kier alpha value is -2.03. The van der Waals surface area contributed by atoms with Gasteiger partial charge in [0.1, 0.15) is 0 Å². The molecule has 16 heavy (non-hydrogen) atoms. The van der Waals surface area contributed by atoms with Crippen molar-refractivity contribution in [3.05, 3.63) is 34.9 Å². The summed E-state index contributed by atoms with van der Waals surface area (Å²) in [5.41, 5.74) is -2.52. The molecule has 1 aromatic carbocycles. The summed E-state index contributed by atoms with van der Waals surface area (Å²) in [7, 11) is 0.974. The van der Waals surface area contributed by atoms with E-state index >= 15 is 0 Å². The van der Waals surface area contributed by atoms with Crippen LogP contribution in [0.25, 0.3) is 0 Å². The van der Waals surface area contributed by atoms with E-state index in [2.05, 4.69) is 4.74 Å². The average molecular weight is 229 g/mol. The summed E-state index contributed by atoms with van der Waals surface area (Å²) < 4.78 is 42.1. The summed E-state index contributed by atoms with van der Waals surface area (Å²) in [6.45, 7) is 0. The van der Waals surface area contributed by atoms with Crippen molar-refractivity contribution in [3.8, 4) is 6.07 Å². The Kier molecular flexibility index (Phi) is 3.18. The number of carbonyl (C=O) groups is 1. The van der Waals surface area contributed by atoms with Crippen molar-refractivity contribution in [3.63, 3.8) is 0 Å². The topological polar surface area (TPSA) is 50.1 Å². The molecule has 0 saturated heterocycles. The van der Waals surface area contributed by atoms with E-state index in [0.717, 1.165) is 19.2 Å². The third kappa shape index (κ3) is 2.14. The molecule has 0 aromatic heterocycles. The van der Waals surface area contributed by atoms with Gasteiger partial charge < -0.3 is 4.74 Å². The number of rotatable bonds is 1. The standard InChI is InChI=1S/C10H6F3NO2/c1-16-9(15)7-4-2-3-6(5-14)8(7)10(11,12)13/h2-4H,1H3. The second-order valence-electron chi connectivity index (χ2n) is 2.83. The largest absolute Gasteiger partial charge is 0.465 e. The lowest BCUT2D eigenvalue weighted by Crippen LogP contribution is -2.16. The van der Waals surface area contributed by atoms with Crippen LogP contribution in [0.4, 0.5) is 13.2 Å². The fraction of sp³-hybridized carbons (Fsp3) is 0.200. The molecule has 0 N–H and O–H groups in total. The first kappa shape index (κ1) is 12.0. The highest BCUT2D eigenvalue weighted by molar-refractivity contribution is 5.92. The van der Waals surface area contributed by atoms with Gasteiger partial charge in [-0.05, 0) is 12.1 Å². The highest BCUT2D eigenvalue weighted by atomic mass is 19.4. The van der Waals surface area contributed by atoms with E-state index < -0.39 is 28.8 Å². The number of carbonyl (C=O) groups excluding carboxylic acids is 1. The maximum Gasteiger partial charge on any atom is 0.418 e. The molecule has 0 saturated carbocycles. The van der Waals surface area contributed by atoms with E-state index in [1.165, 1.54) is 12.1 Å². The minimum atomic E-state index is -4.77. The summed E-state index contributed by atoms with van der Waals surface area (Å²) in [6, 6.07) is 4.55. The van der Waals surface area contributed by atoms with Gasteiger partial charge in [-0.15, -0.1) is 0 Å². The SMILES string of the molecule is COC(=O)c1cccc(C#N)c1C(F)(F)F. The van der Waals surface area contributed by atoms with Gasteiger partial charge in [-0.1, -0.05) is 6.07 Å². The molecule has 0 aliphatic rings. The molecule has 1 rings (SSSR count). The Morgan fingerprint density at radius 1 is 1.44 bits per heavy atom. The predicted molar refractivity (Wildman–Crippen MR) is 47.5 cm³/mol. The third-order valence-electron chi connectivity index (χ3n) is 1.87. The molecule has 0 unspecified atom stereocenters. The number of nitrogens with zero attached hydrogens (tertiary/aromatic N) is 1. The molecule has 0 aliphatic heterocycles. The van der Waals surface area contributed by atoms with Crippen LogP contribution in [0.2, 0.25) is 0 Å². The smallest absolute Gasteiger partial charge is 0.418 e. The first-order valence-electron chi connectivity index (χ1n) is 4.10. The van der Waals surface area contributed by atoms with Crippen LogP contribution in [-0.2, 0) is 10.9 Å². The molecule has 6 heteroatoms. The van der Waals surface area contributed by atoms with Gasteiger partial charge in [0.2, 0.25) is 0 Å². The number of ether oxygens (including phenoxy) is 1. The Bertz CT molecular complexity index is 460. The maximum absolute atomic E-state index is 12.6. The van der Waals surface area contributed by atoms with Crippen molar-refractivity contribution in [1.29, 1.82) is 5.26 Å². The highest BCUT2D eigenvalue weighted by Gasteiger charge is 2.38. The van der Waals surface area contributed by atoms with Gasteiger partial charge in [0.25, 0.3) is 0 Å². The van der Waals surface area contributed by atoms with Crippen molar-refractivity contribution < 1.29 is 22.7 Å². The second-order valence-corrected chi connectivity index (χ2v) is 2.83. The summed E-state index contributed by atoms with van der Waals surface area (Å²) in [4.78, 5) is 11.1. The normalized spacial score (nSPS) is 10.7. The van der Waals surface area contributed by atoms with Crippen molar-refractivity contribution in [1.82, 2.24) is 0 Å². The van der Waals surface area contributed by atoms with Crippen molar-refractivity contribution in [2.75, 3.05) is 7.11 Å². The van der Waals surface area contributed by atoms with E-state index in [-0.39, 0.29) is 0 Å². The molecule has 0 spiro atoms. The van der Waals surface area contributed by atoms with E-state index in [1.54, 1.807) is 0 Å². The number of halogens is 3. The Balaban J connectivity index is 3.52. The first-order chi connectivity index (χ1) is 7.41. The predicted octanol–water partition coefficient (Wildman–Crippen LogP) is 2.36. The van der Waals surface area contributed by atoms with Crippen LogP contribution in [0.5, 0.6) is 0 Å². The fourth-order valence-electron chi connectivity index (χ4n) is 1.23. The van der Waals surface area contributed by atoms with Crippen LogP contribution in [0.1, 0.15) is 21.5 Å². The van der Waals surface area contributed by atoms with Crippen LogP contribution in [-0.4, -0.2) is 13.1 Å². The molecular formula is C10H6F3NO2. The first-order valence-corrected chi connectivity index (χ1v) is 4.10. The third-order valence-corrected chi connectivity index (χ3v) is 1.87. The number of methoxy groups -OCH3 is 1. The molecule has 0 aliphatic carbocycles.